The first-order valence-corrected chi connectivity index (χ1v) is 17.2. The van der Waals surface area contributed by atoms with Gasteiger partial charge in [-0.05, 0) is 18.6 Å². The Bertz CT molecular complexity index is 1560. The highest BCUT2D eigenvalue weighted by molar-refractivity contribution is 5.87. The molecule has 282 valence electrons. The maximum Gasteiger partial charge on any atom is 0.383 e. The van der Waals surface area contributed by atoms with Gasteiger partial charge in [0.2, 0.25) is 12.4 Å². The van der Waals surface area contributed by atoms with Crippen LogP contribution in [0.15, 0.2) is 27.4 Å². The number of unbranched alkanes of at least 4 members (excludes halogenated alkanes) is 8. The molecule has 0 N–H and O–H groups in total. The van der Waals surface area contributed by atoms with Crippen molar-refractivity contribution in [3.8, 4) is 17.2 Å². The Morgan fingerprint density at radius 2 is 1.27 bits per heavy atom. The fourth-order valence-corrected chi connectivity index (χ4v) is 5.58. The van der Waals surface area contributed by atoms with Crippen molar-refractivity contribution in [2.45, 2.75) is 130 Å². The van der Waals surface area contributed by atoms with Crippen molar-refractivity contribution in [2.75, 3.05) is 13.2 Å². The summed E-state index contributed by atoms with van der Waals surface area (Å²) in [7, 11) is 0. The molecule has 51 heavy (non-hydrogen) atoms. The molecule has 0 spiro atoms. The highest BCUT2D eigenvalue weighted by Crippen LogP contribution is 2.38. The molecule has 1 aliphatic heterocycles. The number of ether oxygens (including phenoxy) is 8. The third kappa shape index (κ3) is 12.9. The molecule has 0 radical (unpaired) electrons. The normalized spacial score (nSPS) is 19.8. The van der Waals surface area contributed by atoms with Gasteiger partial charge in [0, 0.05) is 40.7 Å². The molecule has 15 heteroatoms. The summed E-state index contributed by atoms with van der Waals surface area (Å²) < 4.78 is 50.2. The van der Waals surface area contributed by atoms with E-state index in [0.717, 1.165) is 53.9 Å². The number of carbonyl (C=O) groups excluding carboxylic acids is 5. The Morgan fingerprint density at radius 1 is 0.686 bits per heavy atom. The zero-order valence-electron chi connectivity index (χ0n) is 30.0. The number of fused-ring (bicyclic) bond motifs is 1. The molecule has 3 rings (SSSR count). The van der Waals surface area contributed by atoms with Crippen molar-refractivity contribution in [1.29, 1.82) is 0 Å². The van der Waals surface area contributed by atoms with Crippen LogP contribution >= 0.6 is 0 Å². The molecule has 0 saturated carbocycles. The molecule has 2 aromatic rings. The van der Waals surface area contributed by atoms with E-state index in [2.05, 4.69) is 6.92 Å². The van der Waals surface area contributed by atoms with Crippen LogP contribution in [0.2, 0.25) is 0 Å². The molecule has 1 fully saturated rings. The lowest BCUT2D eigenvalue weighted by molar-refractivity contribution is -0.288. The van der Waals surface area contributed by atoms with Crippen molar-refractivity contribution in [2.24, 2.45) is 0 Å². The summed E-state index contributed by atoms with van der Waals surface area (Å²) in [5.41, 5.74) is -1.09. The van der Waals surface area contributed by atoms with Gasteiger partial charge in [-0.3, -0.25) is 24.0 Å². The smallest absolute Gasteiger partial charge is 0.383 e. The van der Waals surface area contributed by atoms with Gasteiger partial charge in [-0.25, -0.2) is 4.79 Å². The van der Waals surface area contributed by atoms with E-state index >= 15 is 0 Å². The Kier molecular flexibility index (Phi) is 16.2. The van der Waals surface area contributed by atoms with Gasteiger partial charge in [-0.15, -0.1) is 0 Å². The van der Waals surface area contributed by atoms with Crippen LogP contribution in [0.25, 0.3) is 11.0 Å². The number of hydrogen-bond acceptors (Lipinski definition) is 15. The van der Waals surface area contributed by atoms with Gasteiger partial charge in [0.25, 0.3) is 5.75 Å². The van der Waals surface area contributed by atoms with E-state index in [9.17, 15) is 28.8 Å². The summed E-state index contributed by atoms with van der Waals surface area (Å²) in [6.07, 6.45) is 2.74. The van der Waals surface area contributed by atoms with E-state index in [1.54, 1.807) is 6.07 Å². The van der Waals surface area contributed by atoms with Crippen LogP contribution in [0.5, 0.6) is 17.2 Å². The van der Waals surface area contributed by atoms with E-state index in [-0.39, 0.29) is 16.7 Å². The second-order valence-corrected chi connectivity index (χ2v) is 12.2. The zero-order chi connectivity index (χ0) is 37.5. The van der Waals surface area contributed by atoms with Crippen molar-refractivity contribution in [1.82, 2.24) is 0 Å². The Hall–Kier alpha value is -4.66. The van der Waals surface area contributed by atoms with Crippen molar-refractivity contribution < 1.29 is 66.3 Å². The van der Waals surface area contributed by atoms with E-state index in [1.807, 2.05) is 0 Å². The quantitative estimate of drug-likeness (QED) is 0.0807. The van der Waals surface area contributed by atoms with Gasteiger partial charge < -0.3 is 42.3 Å². The summed E-state index contributed by atoms with van der Waals surface area (Å²) in [4.78, 5) is 73.6. The molecule has 1 saturated heterocycles. The molecule has 15 nitrogen and oxygen atoms in total. The topological polar surface area (TPSA) is 189 Å². The molecule has 0 aliphatic carbocycles. The summed E-state index contributed by atoms with van der Waals surface area (Å²) in [5, 5.41) is 0.133. The Balaban J connectivity index is 1.95. The molecule has 0 unspecified atom stereocenters. The first kappa shape index (κ1) is 40.8. The molecular formula is C36H48O15. The van der Waals surface area contributed by atoms with Crippen LogP contribution in [0, 0.1) is 0 Å². The van der Waals surface area contributed by atoms with Crippen LogP contribution in [0.3, 0.4) is 0 Å². The third-order valence-electron chi connectivity index (χ3n) is 7.74. The molecule has 0 amide bonds. The minimum absolute atomic E-state index is 0.00103. The predicted molar refractivity (Wildman–Crippen MR) is 179 cm³/mol. The number of benzene rings is 1. The summed E-state index contributed by atoms with van der Waals surface area (Å²) >= 11 is 0. The van der Waals surface area contributed by atoms with Gasteiger partial charge in [0.05, 0.1) is 12.0 Å². The first-order chi connectivity index (χ1) is 24.3. The number of rotatable bonds is 19. The van der Waals surface area contributed by atoms with E-state index in [0.29, 0.717) is 12.4 Å². The number of hydrogen-bond donors (Lipinski definition) is 0. The van der Waals surface area contributed by atoms with Gasteiger partial charge in [-0.1, -0.05) is 58.3 Å². The van der Waals surface area contributed by atoms with E-state index in [1.165, 1.54) is 50.7 Å². The fourth-order valence-electron chi connectivity index (χ4n) is 5.58. The summed E-state index contributed by atoms with van der Waals surface area (Å²) in [6.45, 7) is 7.56. The maximum atomic E-state index is 13.2. The molecule has 1 aliphatic rings. The highest BCUT2D eigenvalue weighted by atomic mass is 16.7. The summed E-state index contributed by atoms with van der Waals surface area (Å²) in [5.74, 6) is -4.69. The van der Waals surface area contributed by atoms with Crippen LogP contribution in [0.1, 0.15) is 99.3 Å². The largest absolute Gasteiger partial charge is 0.493 e. The Labute approximate surface area is 296 Å². The molecule has 5 atom stereocenters. The minimum atomic E-state index is -1.72. The lowest BCUT2D eigenvalue weighted by Gasteiger charge is -2.44. The van der Waals surface area contributed by atoms with Crippen LogP contribution < -0.4 is 19.8 Å². The minimum Gasteiger partial charge on any atom is -0.493 e. The summed E-state index contributed by atoms with van der Waals surface area (Å²) in [6, 6.07) is 4.59. The van der Waals surface area contributed by atoms with Crippen LogP contribution in [-0.2, 0) is 47.7 Å². The maximum absolute atomic E-state index is 13.2. The van der Waals surface area contributed by atoms with E-state index < -0.39 is 78.5 Å². The second-order valence-electron chi connectivity index (χ2n) is 12.2. The average Bonchev–Trinajstić information content (AvgIpc) is 3.04. The molecule has 1 aromatic heterocycles. The molecular weight excluding hydrogens is 672 g/mol. The molecule has 1 aromatic carbocycles. The third-order valence-corrected chi connectivity index (χ3v) is 7.74. The van der Waals surface area contributed by atoms with Crippen LogP contribution in [-0.4, -0.2) is 73.8 Å². The van der Waals surface area contributed by atoms with Gasteiger partial charge in [-0.2, -0.15) is 0 Å². The lowest BCUT2D eigenvalue weighted by atomic mass is 9.98. The first-order valence-electron chi connectivity index (χ1n) is 17.2. The van der Waals surface area contributed by atoms with Crippen molar-refractivity contribution >= 4 is 40.8 Å². The molecule has 2 heterocycles. The van der Waals surface area contributed by atoms with Crippen molar-refractivity contribution in [3.63, 3.8) is 0 Å². The predicted octanol–water partition coefficient (Wildman–Crippen LogP) is 5.09. The highest BCUT2D eigenvalue weighted by Gasteiger charge is 2.53. The van der Waals surface area contributed by atoms with Gasteiger partial charge >= 0.3 is 35.5 Å². The number of esters is 5. The Morgan fingerprint density at radius 3 is 1.86 bits per heavy atom. The SMILES string of the molecule is CCCCCCCCCCCOc1ccc2c(O[C@@H]3O[C@H](COC(C)=O)[C@@H](OC(C)=O)[C@H](OC(C)=O)[C@H]3OC(C)=O)c(OC(C)=O)c(=O)oc2c1. The van der Waals surface area contributed by atoms with Crippen molar-refractivity contribution in [3.05, 3.63) is 28.6 Å². The second kappa shape index (κ2) is 20.3. The van der Waals surface area contributed by atoms with Crippen LogP contribution in [0.4, 0.5) is 0 Å². The molecule has 0 bridgehead atoms. The van der Waals surface area contributed by atoms with Gasteiger partial charge in [0.1, 0.15) is 24.0 Å². The van der Waals surface area contributed by atoms with E-state index in [4.69, 9.17) is 42.3 Å². The monoisotopic (exact) mass is 720 g/mol. The number of carbonyl (C=O) groups is 5. The fraction of sp³-hybridized carbons (Fsp3) is 0.611. The zero-order valence-corrected chi connectivity index (χ0v) is 30.0. The average molecular weight is 721 g/mol. The standard InChI is InChI=1S/C36H48O15/c1-7-8-9-10-11-12-13-14-15-18-43-26-16-17-27-28(19-26)49-35(42)33(47-24(5)40)30(27)51-36-34(48-25(6)41)32(46-23(4)39)31(45-22(3)38)29(50-36)20-44-21(2)37/h16-17,19,29,31-32,34,36H,7-15,18,20H2,1-6H3/t29-,31-,32+,34-,36+/m1/s1. The van der Waals surface area contributed by atoms with Gasteiger partial charge in [0.15, 0.2) is 18.0 Å². The lowest BCUT2D eigenvalue weighted by Crippen LogP contribution is -2.63.